The number of rotatable bonds is 1. The van der Waals surface area contributed by atoms with Crippen LogP contribution < -0.4 is 0 Å². The van der Waals surface area contributed by atoms with Gasteiger partial charge in [0.25, 0.3) is 0 Å². The molecule has 2 aliphatic rings. The van der Waals surface area contributed by atoms with Crippen molar-refractivity contribution in [2.24, 2.45) is 0 Å². The molecule has 0 bridgehead atoms. The van der Waals surface area contributed by atoms with Gasteiger partial charge in [-0.05, 0) is 48.3 Å². The zero-order valence-electron chi connectivity index (χ0n) is 7.84. The van der Waals surface area contributed by atoms with Crippen molar-refractivity contribution in [2.75, 3.05) is 19.7 Å². The Morgan fingerprint density at radius 3 is 3.08 bits per heavy atom. The minimum absolute atomic E-state index is 0.383. The van der Waals surface area contributed by atoms with Gasteiger partial charge in [0.2, 0.25) is 0 Å². The van der Waals surface area contributed by atoms with Crippen molar-refractivity contribution in [1.82, 2.24) is 4.90 Å². The molecule has 2 nitrogen and oxygen atoms in total. The van der Waals surface area contributed by atoms with Crippen LogP contribution in [0.5, 0.6) is 0 Å². The summed E-state index contributed by atoms with van der Waals surface area (Å²) >= 11 is 2.38. The Hall–Kier alpha value is 0.230. The molecule has 74 valence electrons. The Morgan fingerprint density at radius 1 is 1.46 bits per heavy atom. The molecular weight excluding hydrogens is 277 g/mol. The van der Waals surface area contributed by atoms with Crippen molar-refractivity contribution in [1.29, 1.82) is 0 Å². The number of hydrogen-bond donors (Lipinski definition) is 0. The average molecular weight is 293 g/mol. The van der Waals surface area contributed by atoms with E-state index < -0.39 is 0 Å². The zero-order chi connectivity index (χ0) is 9.10. The fourth-order valence-electron chi connectivity index (χ4n) is 1.98. The topological polar surface area (TPSA) is 12.5 Å². The quantitative estimate of drug-likeness (QED) is 0.544. The van der Waals surface area contributed by atoms with Gasteiger partial charge in [-0.15, -0.1) is 0 Å². The van der Waals surface area contributed by atoms with E-state index in [9.17, 15) is 0 Å². The monoisotopic (exact) mass is 293 g/mol. The molecule has 2 rings (SSSR count). The van der Waals surface area contributed by atoms with Crippen LogP contribution in [0.25, 0.3) is 0 Å². The standard InChI is InChI=1S/C10H16INO/c11-10-8-12(6-7-13-10)9-4-2-1-3-5-9/h4,10H,1-3,5-8H2. The van der Waals surface area contributed by atoms with E-state index in [0.29, 0.717) is 4.11 Å². The lowest BCUT2D eigenvalue weighted by molar-refractivity contribution is 0.0397. The maximum absolute atomic E-state index is 5.52. The van der Waals surface area contributed by atoms with Gasteiger partial charge in [-0.3, -0.25) is 0 Å². The van der Waals surface area contributed by atoms with Crippen molar-refractivity contribution in [2.45, 2.75) is 29.8 Å². The van der Waals surface area contributed by atoms with Crippen LogP contribution in [-0.4, -0.2) is 28.7 Å². The predicted octanol–water partition coefficient (Wildman–Crippen LogP) is 2.54. The first-order chi connectivity index (χ1) is 6.36. The van der Waals surface area contributed by atoms with Gasteiger partial charge in [0.15, 0.2) is 0 Å². The second-order valence-electron chi connectivity index (χ2n) is 3.67. The zero-order valence-corrected chi connectivity index (χ0v) is 10.00. The van der Waals surface area contributed by atoms with E-state index >= 15 is 0 Å². The first kappa shape index (κ1) is 9.77. The highest BCUT2D eigenvalue weighted by Gasteiger charge is 2.20. The molecule has 1 fully saturated rings. The number of nitrogens with zero attached hydrogens (tertiary/aromatic N) is 1. The third kappa shape index (κ3) is 2.59. The van der Waals surface area contributed by atoms with Gasteiger partial charge in [0.05, 0.1) is 13.2 Å². The molecule has 0 aromatic rings. The smallest absolute Gasteiger partial charge is 0.126 e. The first-order valence-corrected chi connectivity index (χ1v) is 6.30. The molecule has 1 atom stereocenters. The summed E-state index contributed by atoms with van der Waals surface area (Å²) in [5.74, 6) is 0. The number of hydrogen-bond acceptors (Lipinski definition) is 2. The second-order valence-corrected chi connectivity index (χ2v) is 5.06. The Bertz CT molecular complexity index is 205. The summed E-state index contributed by atoms with van der Waals surface area (Å²) in [5.41, 5.74) is 1.57. The van der Waals surface area contributed by atoms with Crippen LogP contribution in [0.2, 0.25) is 0 Å². The molecule has 0 radical (unpaired) electrons. The van der Waals surface area contributed by atoms with E-state index in [1.54, 1.807) is 5.70 Å². The van der Waals surface area contributed by atoms with Gasteiger partial charge in [-0.2, -0.15) is 0 Å². The molecule has 13 heavy (non-hydrogen) atoms. The average Bonchev–Trinajstić information content (AvgIpc) is 2.19. The van der Waals surface area contributed by atoms with Crippen molar-refractivity contribution >= 4 is 22.6 Å². The van der Waals surface area contributed by atoms with Crippen LogP contribution in [0.4, 0.5) is 0 Å². The molecule has 3 heteroatoms. The van der Waals surface area contributed by atoms with Gasteiger partial charge in [0, 0.05) is 12.2 Å². The summed E-state index contributed by atoms with van der Waals surface area (Å²) in [6.07, 6.45) is 7.72. The summed E-state index contributed by atoms with van der Waals surface area (Å²) in [6.45, 7) is 3.06. The fraction of sp³-hybridized carbons (Fsp3) is 0.800. The maximum Gasteiger partial charge on any atom is 0.126 e. The molecule has 1 aliphatic carbocycles. The number of alkyl halides is 1. The highest BCUT2D eigenvalue weighted by Crippen LogP contribution is 2.23. The third-order valence-electron chi connectivity index (χ3n) is 2.70. The van der Waals surface area contributed by atoms with E-state index in [1.165, 1.54) is 25.7 Å². The highest BCUT2D eigenvalue weighted by atomic mass is 127. The Balaban J connectivity index is 1.94. The minimum atomic E-state index is 0.383. The number of morpholine rings is 1. The van der Waals surface area contributed by atoms with Crippen molar-refractivity contribution in [3.8, 4) is 0 Å². The molecule has 0 aromatic heterocycles. The Kier molecular flexibility index (Phi) is 3.49. The summed E-state index contributed by atoms with van der Waals surface area (Å²) in [5, 5.41) is 0. The minimum Gasteiger partial charge on any atom is -0.369 e. The predicted molar refractivity (Wildman–Crippen MR) is 61.9 cm³/mol. The van der Waals surface area contributed by atoms with Gasteiger partial charge in [0.1, 0.15) is 4.11 Å². The maximum atomic E-state index is 5.52. The molecule has 0 spiro atoms. The van der Waals surface area contributed by atoms with Crippen LogP contribution in [-0.2, 0) is 4.74 Å². The lowest BCUT2D eigenvalue weighted by atomic mass is 10.0. The molecule has 0 N–H and O–H groups in total. The summed E-state index contributed by atoms with van der Waals surface area (Å²) < 4.78 is 5.90. The molecule has 1 heterocycles. The third-order valence-corrected chi connectivity index (χ3v) is 3.45. The van der Waals surface area contributed by atoms with Crippen LogP contribution >= 0.6 is 22.6 Å². The normalized spacial score (nSPS) is 30.1. The lowest BCUT2D eigenvalue weighted by Crippen LogP contribution is -2.39. The Labute approximate surface area is 93.5 Å². The number of ether oxygens (including phenoxy) is 1. The number of halogens is 1. The molecular formula is C10H16INO. The summed E-state index contributed by atoms with van der Waals surface area (Å²) in [7, 11) is 0. The lowest BCUT2D eigenvalue weighted by Gasteiger charge is -2.35. The van der Waals surface area contributed by atoms with Crippen LogP contribution in [0.3, 0.4) is 0 Å². The van der Waals surface area contributed by atoms with Crippen molar-refractivity contribution in [3.63, 3.8) is 0 Å². The molecule has 0 aromatic carbocycles. The second kappa shape index (κ2) is 4.64. The Morgan fingerprint density at radius 2 is 2.38 bits per heavy atom. The van der Waals surface area contributed by atoms with Gasteiger partial charge >= 0.3 is 0 Å². The van der Waals surface area contributed by atoms with E-state index in [-0.39, 0.29) is 0 Å². The van der Waals surface area contributed by atoms with Gasteiger partial charge in [-0.25, -0.2) is 0 Å². The van der Waals surface area contributed by atoms with Crippen LogP contribution in [0, 0.1) is 0 Å². The van der Waals surface area contributed by atoms with Crippen LogP contribution in [0.1, 0.15) is 25.7 Å². The van der Waals surface area contributed by atoms with Crippen molar-refractivity contribution in [3.05, 3.63) is 11.8 Å². The summed E-state index contributed by atoms with van der Waals surface area (Å²) in [6, 6.07) is 0. The summed E-state index contributed by atoms with van der Waals surface area (Å²) in [4.78, 5) is 2.50. The molecule has 1 aliphatic heterocycles. The molecule has 1 saturated heterocycles. The van der Waals surface area contributed by atoms with Crippen LogP contribution in [0.15, 0.2) is 11.8 Å². The largest absolute Gasteiger partial charge is 0.369 e. The van der Waals surface area contributed by atoms with Gasteiger partial charge in [-0.1, -0.05) is 6.08 Å². The fourth-order valence-corrected chi connectivity index (χ4v) is 2.71. The van der Waals surface area contributed by atoms with E-state index in [0.717, 1.165) is 19.7 Å². The SMILES string of the molecule is IC1CN(C2=CCCCC2)CCO1. The molecule has 0 amide bonds. The van der Waals surface area contributed by atoms with Gasteiger partial charge < -0.3 is 9.64 Å². The molecule has 1 unspecified atom stereocenters. The van der Waals surface area contributed by atoms with E-state index in [1.807, 2.05) is 0 Å². The van der Waals surface area contributed by atoms with E-state index in [4.69, 9.17) is 4.74 Å². The molecule has 0 saturated carbocycles. The highest BCUT2D eigenvalue weighted by molar-refractivity contribution is 14.1. The number of allylic oxidation sites excluding steroid dienone is 2. The van der Waals surface area contributed by atoms with E-state index in [2.05, 4.69) is 33.6 Å². The van der Waals surface area contributed by atoms with Crippen molar-refractivity contribution < 1.29 is 4.74 Å². The first-order valence-electron chi connectivity index (χ1n) is 5.06.